The number of nitriles is 1. The number of hydrogen-bond donors (Lipinski definition) is 0. The Bertz CT molecular complexity index is 1560. The fourth-order valence-corrected chi connectivity index (χ4v) is 4.48. The molecule has 1 aliphatic rings. The highest BCUT2D eigenvalue weighted by Gasteiger charge is 2.18. The van der Waals surface area contributed by atoms with Crippen LogP contribution in [-0.4, -0.2) is 59.6 Å². The summed E-state index contributed by atoms with van der Waals surface area (Å²) in [5.74, 6) is 0.717. The Labute approximate surface area is 214 Å². The van der Waals surface area contributed by atoms with Gasteiger partial charge in [-0.2, -0.15) is 10.2 Å². The molecule has 37 heavy (non-hydrogen) atoms. The van der Waals surface area contributed by atoms with Crippen molar-refractivity contribution in [2.75, 3.05) is 40.3 Å². The molecule has 9 nitrogen and oxygen atoms in total. The molecule has 0 bridgehead atoms. The molecule has 1 saturated heterocycles. The molecule has 1 fully saturated rings. The summed E-state index contributed by atoms with van der Waals surface area (Å²) < 4.78 is 7.14. The fourth-order valence-electron chi connectivity index (χ4n) is 4.48. The lowest BCUT2D eigenvalue weighted by atomic mass is 9.98. The van der Waals surface area contributed by atoms with Gasteiger partial charge in [-0.1, -0.05) is 29.5 Å². The third-order valence-corrected chi connectivity index (χ3v) is 6.57. The smallest absolute Gasteiger partial charge is 0.273 e. The summed E-state index contributed by atoms with van der Waals surface area (Å²) in [4.78, 5) is 18.8. The van der Waals surface area contributed by atoms with E-state index in [-0.39, 0.29) is 5.56 Å². The fraction of sp³-hybridized carbons (Fsp3) is 0.250. The Morgan fingerprint density at radius 1 is 0.973 bits per heavy atom. The van der Waals surface area contributed by atoms with Crippen molar-refractivity contribution in [2.24, 2.45) is 10.3 Å². The van der Waals surface area contributed by atoms with Gasteiger partial charge in [0.1, 0.15) is 17.4 Å². The van der Waals surface area contributed by atoms with Crippen LogP contribution < -0.4 is 10.3 Å². The van der Waals surface area contributed by atoms with Crippen LogP contribution in [0.3, 0.4) is 0 Å². The van der Waals surface area contributed by atoms with E-state index >= 15 is 0 Å². The van der Waals surface area contributed by atoms with Crippen LogP contribution >= 0.6 is 0 Å². The van der Waals surface area contributed by atoms with Crippen LogP contribution in [0.1, 0.15) is 11.3 Å². The number of piperazine rings is 1. The molecule has 9 heteroatoms. The Morgan fingerprint density at radius 3 is 2.30 bits per heavy atom. The second-order valence-corrected chi connectivity index (χ2v) is 9.05. The molecule has 0 saturated carbocycles. The van der Waals surface area contributed by atoms with E-state index in [0.717, 1.165) is 54.4 Å². The zero-order valence-corrected chi connectivity index (χ0v) is 21.0. The van der Waals surface area contributed by atoms with E-state index in [2.05, 4.69) is 33.3 Å². The summed E-state index contributed by atoms with van der Waals surface area (Å²) in [7, 11) is 3.71. The molecule has 0 radical (unpaired) electrons. The molecule has 0 spiro atoms. The van der Waals surface area contributed by atoms with Gasteiger partial charge in [-0.3, -0.25) is 14.2 Å². The minimum atomic E-state index is -0.383. The lowest BCUT2D eigenvalue weighted by Gasteiger charge is -2.29. The van der Waals surface area contributed by atoms with E-state index in [1.54, 1.807) is 7.11 Å². The molecule has 0 atom stereocenters. The van der Waals surface area contributed by atoms with Crippen LogP contribution in [0, 0.1) is 18.3 Å². The van der Waals surface area contributed by atoms with Gasteiger partial charge in [-0.05, 0) is 55.4 Å². The van der Waals surface area contributed by atoms with Gasteiger partial charge in [0.2, 0.25) is 0 Å². The molecule has 0 unspecified atom stereocenters. The highest BCUT2D eigenvalue weighted by atomic mass is 16.5. The molecule has 2 aromatic carbocycles. The van der Waals surface area contributed by atoms with Crippen LogP contribution in [-0.2, 0) is 0 Å². The van der Waals surface area contributed by atoms with Gasteiger partial charge >= 0.3 is 0 Å². The van der Waals surface area contributed by atoms with Crippen LogP contribution in [0.25, 0.3) is 28.0 Å². The molecular formula is C28H27N7O2. The number of ether oxygens (including phenoxy) is 1. The molecule has 1 aliphatic heterocycles. The highest BCUT2D eigenvalue weighted by molar-refractivity contribution is 5.83. The summed E-state index contributed by atoms with van der Waals surface area (Å²) in [5, 5.41) is 20.9. The van der Waals surface area contributed by atoms with Crippen LogP contribution in [0.2, 0.25) is 0 Å². The first kappa shape index (κ1) is 24.2. The Hall–Kier alpha value is -4.55. The predicted octanol–water partition coefficient (Wildman–Crippen LogP) is 4.46. The number of aryl methyl sites for hydroxylation is 1. The van der Waals surface area contributed by atoms with E-state index in [9.17, 15) is 10.1 Å². The van der Waals surface area contributed by atoms with E-state index < -0.39 is 0 Å². The van der Waals surface area contributed by atoms with Crippen molar-refractivity contribution in [3.63, 3.8) is 0 Å². The second kappa shape index (κ2) is 10.2. The minimum Gasteiger partial charge on any atom is -0.497 e. The third kappa shape index (κ3) is 4.92. The molecule has 0 amide bonds. The SMILES string of the molecule is COc1ccc(-c2cc(-c3ccc(N=NN4CCN(C)CC4)cc3)n3c(C)cc(=O)nc3c2C#N)cc1. The summed E-state index contributed by atoms with van der Waals surface area (Å²) in [6, 6.07) is 20.9. The molecule has 0 N–H and O–H groups in total. The number of pyridine rings is 1. The van der Waals surface area contributed by atoms with Gasteiger partial charge in [0.15, 0.2) is 5.65 Å². The van der Waals surface area contributed by atoms with Crippen molar-refractivity contribution in [3.8, 4) is 34.2 Å². The van der Waals surface area contributed by atoms with Gasteiger partial charge in [-0.25, -0.2) is 0 Å². The monoisotopic (exact) mass is 493 g/mol. The Balaban J connectivity index is 1.60. The molecule has 5 rings (SSSR count). The number of fused-ring (bicyclic) bond motifs is 1. The number of likely N-dealkylation sites (N-methyl/N-ethyl adjacent to an activating group) is 1. The molecule has 4 aromatic rings. The second-order valence-electron chi connectivity index (χ2n) is 9.05. The van der Waals surface area contributed by atoms with Gasteiger partial charge in [-0.15, -0.1) is 5.11 Å². The molecule has 3 heterocycles. The van der Waals surface area contributed by atoms with Crippen LogP contribution in [0.15, 0.2) is 75.8 Å². The standard InChI is InChI=1S/C28H27N7O2/c1-19-16-27(36)30-28-25(18-29)24(20-6-10-23(37-3)11-7-20)17-26(35(19)28)21-4-8-22(9-5-21)31-32-34-14-12-33(2)13-15-34/h4-11,16-17H,12-15H2,1-3H3. The summed E-state index contributed by atoms with van der Waals surface area (Å²) in [6.45, 7) is 5.49. The quantitative estimate of drug-likeness (QED) is 0.381. The minimum absolute atomic E-state index is 0.328. The van der Waals surface area contributed by atoms with Gasteiger partial charge in [0, 0.05) is 30.4 Å². The van der Waals surface area contributed by atoms with Crippen molar-refractivity contribution < 1.29 is 4.74 Å². The van der Waals surface area contributed by atoms with Crippen molar-refractivity contribution in [2.45, 2.75) is 6.92 Å². The molecule has 0 aliphatic carbocycles. The maximum atomic E-state index is 12.3. The average Bonchev–Trinajstić information content (AvgIpc) is 2.92. The van der Waals surface area contributed by atoms with Crippen LogP contribution in [0.4, 0.5) is 5.69 Å². The first-order valence-electron chi connectivity index (χ1n) is 12.0. The third-order valence-electron chi connectivity index (χ3n) is 6.57. The summed E-state index contributed by atoms with van der Waals surface area (Å²) >= 11 is 0. The molecular weight excluding hydrogens is 466 g/mol. The largest absolute Gasteiger partial charge is 0.497 e. The van der Waals surface area contributed by atoms with Gasteiger partial charge in [0.25, 0.3) is 5.56 Å². The number of aromatic nitrogens is 2. The van der Waals surface area contributed by atoms with Gasteiger partial charge < -0.3 is 9.64 Å². The van der Waals surface area contributed by atoms with E-state index in [0.29, 0.717) is 22.5 Å². The predicted molar refractivity (Wildman–Crippen MR) is 142 cm³/mol. The number of methoxy groups -OCH3 is 1. The first-order valence-corrected chi connectivity index (χ1v) is 12.0. The highest BCUT2D eigenvalue weighted by Crippen LogP contribution is 2.33. The number of benzene rings is 2. The van der Waals surface area contributed by atoms with Crippen molar-refractivity contribution in [1.82, 2.24) is 19.3 Å². The Kier molecular flexibility index (Phi) is 6.66. The normalized spacial score (nSPS) is 14.3. The van der Waals surface area contributed by atoms with Crippen molar-refractivity contribution in [1.29, 1.82) is 5.26 Å². The lowest BCUT2D eigenvalue weighted by molar-refractivity contribution is 0.150. The topological polar surface area (TPSA) is 98.6 Å². The zero-order chi connectivity index (χ0) is 25.9. The molecule has 2 aromatic heterocycles. The first-order chi connectivity index (χ1) is 18.0. The number of nitrogens with zero attached hydrogens (tertiary/aromatic N) is 7. The molecule has 186 valence electrons. The van der Waals surface area contributed by atoms with Crippen molar-refractivity contribution in [3.05, 3.63) is 82.3 Å². The Morgan fingerprint density at radius 2 is 1.65 bits per heavy atom. The number of hydrogen-bond acceptors (Lipinski definition) is 7. The zero-order valence-electron chi connectivity index (χ0n) is 21.0. The summed E-state index contributed by atoms with van der Waals surface area (Å²) in [6.07, 6.45) is 0. The maximum Gasteiger partial charge on any atom is 0.273 e. The average molecular weight is 494 g/mol. The lowest BCUT2D eigenvalue weighted by Crippen LogP contribution is -2.41. The van der Waals surface area contributed by atoms with Crippen LogP contribution in [0.5, 0.6) is 5.75 Å². The van der Waals surface area contributed by atoms with E-state index in [1.165, 1.54) is 6.07 Å². The number of rotatable bonds is 5. The van der Waals surface area contributed by atoms with E-state index in [4.69, 9.17) is 4.74 Å². The summed E-state index contributed by atoms with van der Waals surface area (Å²) in [5.41, 5.74) is 4.96. The maximum absolute atomic E-state index is 12.3. The van der Waals surface area contributed by atoms with Crippen molar-refractivity contribution >= 4 is 11.3 Å². The van der Waals surface area contributed by atoms with E-state index in [1.807, 2.05) is 70.9 Å². The van der Waals surface area contributed by atoms with Gasteiger partial charge in [0.05, 0.1) is 31.6 Å².